The fourth-order valence-electron chi connectivity index (χ4n) is 1.96. The van der Waals surface area contributed by atoms with Crippen molar-refractivity contribution in [2.45, 2.75) is 20.3 Å². The minimum atomic E-state index is 0. The van der Waals surface area contributed by atoms with Crippen molar-refractivity contribution in [1.82, 2.24) is 25.1 Å². The van der Waals surface area contributed by atoms with Gasteiger partial charge in [0.1, 0.15) is 12.1 Å². The molecule has 0 saturated carbocycles. The van der Waals surface area contributed by atoms with E-state index in [0.29, 0.717) is 0 Å². The van der Waals surface area contributed by atoms with E-state index in [4.69, 9.17) is 0 Å². The van der Waals surface area contributed by atoms with Gasteiger partial charge in [0.25, 0.3) is 0 Å². The first-order chi connectivity index (χ1) is 8.85. The minimum Gasteiger partial charge on any atom is -0.369 e. The maximum absolute atomic E-state index is 4.24. The van der Waals surface area contributed by atoms with Crippen molar-refractivity contribution in [2.75, 3.05) is 31.5 Å². The van der Waals surface area contributed by atoms with Crippen molar-refractivity contribution in [3.63, 3.8) is 0 Å². The molecule has 106 valence electrons. The third-order valence-electron chi connectivity index (χ3n) is 3.09. The van der Waals surface area contributed by atoms with Gasteiger partial charge in [0.15, 0.2) is 5.65 Å². The predicted octanol–water partition coefficient (Wildman–Crippen LogP) is 1.92. The largest absolute Gasteiger partial charge is 0.369 e. The molecule has 0 spiro atoms. The van der Waals surface area contributed by atoms with Crippen molar-refractivity contribution >= 4 is 29.3 Å². The monoisotopic (exact) mass is 284 g/mol. The summed E-state index contributed by atoms with van der Waals surface area (Å²) >= 11 is 0. The van der Waals surface area contributed by atoms with E-state index in [1.807, 2.05) is 0 Å². The predicted molar refractivity (Wildman–Crippen MR) is 79.8 cm³/mol. The van der Waals surface area contributed by atoms with Gasteiger partial charge in [-0.15, -0.1) is 12.4 Å². The second kappa shape index (κ2) is 7.91. The van der Waals surface area contributed by atoms with Crippen LogP contribution in [-0.2, 0) is 0 Å². The molecule has 6 nitrogen and oxygen atoms in total. The number of hydrogen-bond acceptors (Lipinski definition) is 5. The van der Waals surface area contributed by atoms with E-state index in [-0.39, 0.29) is 12.4 Å². The highest BCUT2D eigenvalue weighted by atomic mass is 35.5. The molecule has 2 heterocycles. The fraction of sp³-hybridized carbons (Fsp3) is 0.583. The molecule has 0 radical (unpaired) electrons. The number of nitrogens with one attached hydrogen (secondary N) is 2. The number of fused-ring (bicyclic) bond motifs is 1. The summed E-state index contributed by atoms with van der Waals surface area (Å²) < 4.78 is 0. The molecule has 0 bridgehead atoms. The third kappa shape index (κ3) is 4.04. The molecule has 0 amide bonds. The molecule has 0 aliphatic rings. The SMILES string of the molecule is CCN(CC)CCCNc1ncnc2[nH]ncc12.Cl. The Labute approximate surface area is 119 Å². The lowest BCUT2D eigenvalue weighted by atomic mass is 10.3. The van der Waals surface area contributed by atoms with E-state index in [9.17, 15) is 0 Å². The van der Waals surface area contributed by atoms with Gasteiger partial charge in [0, 0.05) is 6.54 Å². The Bertz CT molecular complexity index is 482. The number of aromatic amines is 1. The first-order valence-electron chi connectivity index (χ1n) is 6.45. The van der Waals surface area contributed by atoms with Crippen LogP contribution in [-0.4, -0.2) is 51.2 Å². The number of halogens is 1. The number of aromatic nitrogens is 4. The zero-order valence-electron chi connectivity index (χ0n) is 11.4. The van der Waals surface area contributed by atoms with Crippen LogP contribution in [0.25, 0.3) is 11.0 Å². The Hall–Kier alpha value is -1.40. The van der Waals surface area contributed by atoms with E-state index in [2.05, 4.69) is 44.2 Å². The Morgan fingerprint density at radius 1 is 1.26 bits per heavy atom. The number of nitrogens with zero attached hydrogens (tertiary/aromatic N) is 4. The molecular weight excluding hydrogens is 264 g/mol. The molecule has 0 unspecified atom stereocenters. The summed E-state index contributed by atoms with van der Waals surface area (Å²) in [6, 6.07) is 0. The molecule has 2 N–H and O–H groups in total. The minimum absolute atomic E-state index is 0. The molecule has 19 heavy (non-hydrogen) atoms. The van der Waals surface area contributed by atoms with Crippen LogP contribution < -0.4 is 5.32 Å². The average molecular weight is 285 g/mol. The molecule has 0 aromatic carbocycles. The van der Waals surface area contributed by atoms with E-state index in [0.717, 1.165) is 49.5 Å². The van der Waals surface area contributed by atoms with Gasteiger partial charge in [-0.1, -0.05) is 13.8 Å². The third-order valence-corrected chi connectivity index (χ3v) is 3.09. The summed E-state index contributed by atoms with van der Waals surface area (Å²) in [6.45, 7) is 8.62. The van der Waals surface area contributed by atoms with Gasteiger partial charge >= 0.3 is 0 Å². The number of hydrogen-bond donors (Lipinski definition) is 2. The maximum atomic E-state index is 4.24. The summed E-state index contributed by atoms with van der Waals surface area (Å²) in [6.07, 6.45) is 4.40. The fourth-order valence-corrected chi connectivity index (χ4v) is 1.96. The van der Waals surface area contributed by atoms with Crippen molar-refractivity contribution in [3.05, 3.63) is 12.5 Å². The highest BCUT2D eigenvalue weighted by Crippen LogP contribution is 2.15. The van der Waals surface area contributed by atoms with Gasteiger partial charge in [0.2, 0.25) is 0 Å². The van der Waals surface area contributed by atoms with Crippen molar-refractivity contribution < 1.29 is 0 Å². The van der Waals surface area contributed by atoms with Crippen LogP contribution in [0.2, 0.25) is 0 Å². The first-order valence-corrected chi connectivity index (χ1v) is 6.45. The van der Waals surface area contributed by atoms with Crippen molar-refractivity contribution in [2.24, 2.45) is 0 Å². The summed E-state index contributed by atoms with van der Waals surface area (Å²) in [7, 11) is 0. The lowest BCUT2D eigenvalue weighted by Gasteiger charge is -2.17. The van der Waals surface area contributed by atoms with E-state index in [1.165, 1.54) is 0 Å². The smallest absolute Gasteiger partial charge is 0.160 e. The van der Waals surface area contributed by atoms with Gasteiger partial charge in [-0.25, -0.2) is 9.97 Å². The van der Waals surface area contributed by atoms with Gasteiger partial charge in [-0.2, -0.15) is 5.10 Å². The van der Waals surface area contributed by atoms with Crippen LogP contribution in [0, 0.1) is 0 Å². The molecule has 0 atom stereocenters. The van der Waals surface area contributed by atoms with E-state index in [1.54, 1.807) is 12.5 Å². The van der Waals surface area contributed by atoms with Crippen LogP contribution in [0.15, 0.2) is 12.5 Å². The quantitative estimate of drug-likeness (QED) is 0.760. The standard InChI is InChI=1S/C12H20N6.ClH/c1-3-18(4-2)7-5-6-13-11-10-8-16-17-12(10)15-9-14-11;/h8-9H,3-7H2,1-2H3,(H2,13,14,15,16,17);1H. The lowest BCUT2D eigenvalue weighted by molar-refractivity contribution is 0.303. The summed E-state index contributed by atoms with van der Waals surface area (Å²) in [5, 5.41) is 11.1. The average Bonchev–Trinajstić information content (AvgIpc) is 2.88. The van der Waals surface area contributed by atoms with Crippen LogP contribution in [0.5, 0.6) is 0 Å². The van der Waals surface area contributed by atoms with Gasteiger partial charge in [0.05, 0.1) is 11.6 Å². The summed E-state index contributed by atoms with van der Waals surface area (Å²) in [4.78, 5) is 10.8. The Morgan fingerprint density at radius 3 is 2.79 bits per heavy atom. The van der Waals surface area contributed by atoms with Crippen LogP contribution in [0.1, 0.15) is 20.3 Å². The highest BCUT2D eigenvalue weighted by Gasteiger charge is 2.04. The number of rotatable bonds is 7. The molecule has 7 heteroatoms. The Kier molecular flexibility index (Phi) is 6.52. The molecular formula is C12H21ClN6. The number of anilines is 1. The topological polar surface area (TPSA) is 69.7 Å². The zero-order valence-corrected chi connectivity index (χ0v) is 12.2. The highest BCUT2D eigenvalue weighted by molar-refractivity contribution is 5.85. The molecule has 0 aliphatic carbocycles. The summed E-state index contributed by atoms with van der Waals surface area (Å²) in [5.41, 5.74) is 0.774. The van der Waals surface area contributed by atoms with Crippen LogP contribution >= 0.6 is 12.4 Å². The van der Waals surface area contributed by atoms with Crippen LogP contribution in [0.3, 0.4) is 0 Å². The molecule has 2 rings (SSSR count). The van der Waals surface area contributed by atoms with Crippen molar-refractivity contribution in [3.8, 4) is 0 Å². The van der Waals surface area contributed by atoms with E-state index < -0.39 is 0 Å². The first kappa shape index (κ1) is 15.7. The molecule has 2 aromatic heterocycles. The van der Waals surface area contributed by atoms with Gasteiger partial charge < -0.3 is 10.2 Å². The lowest BCUT2D eigenvalue weighted by Crippen LogP contribution is -2.25. The van der Waals surface area contributed by atoms with Gasteiger partial charge in [-0.05, 0) is 26.1 Å². The molecule has 2 aromatic rings. The normalized spacial score (nSPS) is 10.7. The Balaban J connectivity index is 0.00000180. The second-order valence-corrected chi connectivity index (χ2v) is 4.16. The molecule has 0 aliphatic heterocycles. The van der Waals surface area contributed by atoms with Crippen LogP contribution in [0.4, 0.5) is 5.82 Å². The number of H-pyrrole nitrogens is 1. The zero-order chi connectivity index (χ0) is 12.8. The second-order valence-electron chi connectivity index (χ2n) is 4.16. The maximum Gasteiger partial charge on any atom is 0.160 e. The molecule has 0 saturated heterocycles. The van der Waals surface area contributed by atoms with Crippen molar-refractivity contribution in [1.29, 1.82) is 0 Å². The molecule has 0 fully saturated rings. The van der Waals surface area contributed by atoms with E-state index >= 15 is 0 Å². The summed E-state index contributed by atoms with van der Waals surface area (Å²) in [5.74, 6) is 0.855. The Morgan fingerprint density at radius 2 is 2.05 bits per heavy atom. The van der Waals surface area contributed by atoms with Gasteiger partial charge in [-0.3, -0.25) is 5.10 Å².